The Bertz CT molecular complexity index is 550. The number of nitrogens with one attached hydrogen (secondary N) is 1. The van der Waals surface area contributed by atoms with E-state index in [2.05, 4.69) is 5.32 Å². The van der Waals surface area contributed by atoms with Gasteiger partial charge in [-0.05, 0) is 40.7 Å². The largest absolute Gasteiger partial charge is 0.504 e. The Balaban J connectivity index is 3.11. The van der Waals surface area contributed by atoms with E-state index in [9.17, 15) is 14.7 Å². The SMILES string of the molecule is CCOc1cccc(C(C)(C=O)NC(=O)OC(C)(C)C)c1O. The van der Waals surface area contributed by atoms with Crippen LogP contribution in [0, 0.1) is 0 Å². The molecular weight excluding hydrogens is 286 g/mol. The first-order valence-electron chi connectivity index (χ1n) is 7.05. The van der Waals surface area contributed by atoms with Crippen molar-refractivity contribution in [2.75, 3.05) is 6.61 Å². The molecule has 1 amide bonds. The van der Waals surface area contributed by atoms with E-state index in [4.69, 9.17) is 9.47 Å². The number of aldehydes is 1. The molecule has 6 nitrogen and oxygen atoms in total. The minimum absolute atomic E-state index is 0.185. The first-order valence-corrected chi connectivity index (χ1v) is 7.05. The van der Waals surface area contributed by atoms with Crippen molar-refractivity contribution in [2.24, 2.45) is 0 Å². The molecule has 0 fully saturated rings. The summed E-state index contributed by atoms with van der Waals surface area (Å²) in [4.78, 5) is 23.5. The molecule has 0 saturated heterocycles. The summed E-state index contributed by atoms with van der Waals surface area (Å²) in [6.45, 7) is 8.79. The maximum Gasteiger partial charge on any atom is 0.408 e. The van der Waals surface area contributed by atoms with Gasteiger partial charge in [-0.15, -0.1) is 0 Å². The molecule has 0 bridgehead atoms. The Hall–Kier alpha value is -2.24. The number of amides is 1. The van der Waals surface area contributed by atoms with Crippen LogP contribution in [0.25, 0.3) is 0 Å². The highest BCUT2D eigenvalue weighted by molar-refractivity contribution is 5.79. The Morgan fingerprint density at radius 2 is 1.95 bits per heavy atom. The van der Waals surface area contributed by atoms with Gasteiger partial charge in [0.15, 0.2) is 11.5 Å². The average Bonchev–Trinajstić information content (AvgIpc) is 2.38. The number of alkyl carbamates (subject to hydrolysis) is 1. The van der Waals surface area contributed by atoms with Gasteiger partial charge in [0, 0.05) is 5.56 Å². The predicted octanol–water partition coefficient (Wildman–Crippen LogP) is 2.73. The predicted molar refractivity (Wildman–Crippen MR) is 82.1 cm³/mol. The third-order valence-electron chi connectivity index (χ3n) is 2.85. The number of hydrogen-bond acceptors (Lipinski definition) is 5. The minimum Gasteiger partial charge on any atom is -0.504 e. The van der Waals surface area contributed by atoms with Crippen LogP contribution in [0.15, 0.2) is 18.2 Å². The summed E-state index contributed by atoms with van der Waals surface area (Å²) in [6.07, 6.45) is -0.204. The topological polar surface area (TPSA) is 84.9 Å². The monoisotopic (exact) mass is 309 g/mol. The zero-order chi connectivity index (χ0) is 17.0. The number of phenolic OH excluding ortho intramolecular Hbond substituents is 1. The van der Waals surface area contributed by atoms with Crippen LogP contribution in [0.2, 0.25) is 0 Å². The average molecular weight is 309 g/mol. The number of aromatic hydroxyl groups is 1. The van der Waals surface area contributed by atoms with Crippen LogP contribution >= 0.6 is 0 Å². The molecule has 22 heavy (non-hydrogen) atoms. The van der Waals surface area contributed by atoms with Gasteiger partial charge in [0.2, 0.25) is 0 Å². The highest BCUT2D eigenvalue weighted by atomic mass is 16.6. The molecular formula is C16H23NO5. The number of para-hydroxylation sites is 1. The molecule has 0 aliphatic carbocycles. The second kappa shape index (κ2) is 6.68. The molecule has 2 N–H and O–H groups in total. The molecule has 0 spiro atoms. The molecule has 0 saturated carbocycles. The van der Waals surface area contributed by atoms with Gasteiger partial charge in [0.1, 0.15) is 17.4 Å². The molecule has 0 aliphatic rings. The standard InChI is InChI=1S/C16H23NO5/c1-6-21-12-9-7-8-11(13(12)19)16(5,10-18)17-14(20)22-15(2,3)4/h7-10,19H,6H2,1-5H3,(H,17,20). The maximum absolute atomic E-state index is 11.9. The lowest BCUT2D eigenvalue weighted by atomic mass is 9.92. The zero-order valence-electron chi connectivity index (χ0n) is 13.6. The second-order valence-electron chi connectivity index (χ2n) is 6.03. The van der Waals surface area contributed by atoms with Gasteiger partial charge >= 0.3 is 6.09 Å². The number of ether oxygens (including phenoxy) is 2. The number of phenols is 1. The molecule has 1 rings (SSSR count). The molecule has 1 atom stereocenters. The highest BCUT2D eigenvalue weighted by Gasteiger charge is 2.33. The van der Waals surface area contributed by atoms with Crippen molar-refractivity contribution in [3.05, 3.63) is 23.8 Å². The quantitative estimate of drug-likeness (QED) is 0.817. The molecule has 0 heterocycles. The van der Waals surface area contributed by atoms with Crippen LogP contribution in [0.4, 0.5) is 4.79 Å². The minimum atomic E-state index is -1.43. The number of rotatable bonds is 5. The molecule has 0 radical (unpaired) electrons. The van der Waals surface area contributed by atoms with Crippen LogP contribution in [-0.2, 0) is 15.1 Å². The first-order chi connectivity index (χ1) is 10.1. The van der Waals surface area contributed by atoms with Gasteiger partial charge in [0.25, 0.3) is 0 Å². The Morgan fingerprint density at radius 1 is 1.32 bits per heavy atom. The number of hydrogen-bond donors (Lipinski definition) is 2. The molecule has 0 aliphatic heterocycles. The van der Waals surface area contributed by atoms with E-state index < -0.39 is 17.2 Å². The van der Waals surface area contributed by atoms with Crippen molar-refractivity contribution < 1.29 is 24.2 Å². The molecule has 1 unspecified atom stereocenters. The van der Waals surface area contributed by atoms with Crippen molar-refractivity contribution in [3.8, 4) is 11.5 Å². The van der Waals surface area contributed by atoms with Crippen LogP contribution in [0.5, 0.6) is 11.5 Å². The number of carbonyl (C=O) groups excluding carboxylic acids is 2. The van der Waals surface area contributed by atoms with Gasteiger partial charge in [-0.25, -0.2) is 4.79 Å². The summed E-state index contributed by atoms with van der Waals surface area (Å²) in [5.41, 5.74) is -1.89. The van der Waals surface area contributed by atoms with Crippen LogP contribution in [0.3, 0.4) is 0 Å². The van der Waals surface area contributed by atoms with Crippen LogP contribution < -0.4 is 10.1 Å². The Morgan fingerprint density at radius 3 is 2.45 bits per heavy atom. The molecule has 0 aromatic heterocycles. The number of benzene rings is 1. The van der Waals surface area contributed by atoms with E-state index in [1.165, 1.54) is 6.92 Å². The summed E-state index contributed by atoms with van der Waals surface area (Å²) >= 11 is 0. The molecule has 122 valence electrons. The first kappa shape index (κ1) is 17.8. The maximum atomic E-state index is 11.9. The Labute approximate surface area is 130 Å². The van der Waals surface area contributed by atoms with Gasteiger partial charge < -0.3 is 24.7 Å². The van der Waals surface area contributed by atoms with E-state index in [-0.39, 0.29) is 17.1 Å². The third-order valence-corrected chi connectivity index (χ3v) is 2.85. The summed E-state index contributed by atoms with van der Waals surface area (Å²) in [7, 11) is 0. The molecule has 6 heteroatoms. The van der Waals surface area contributed by atoms with E-state index in [0.29, 0.717) is 12.9 Å². The van der Waals surface area contributed by atoms with Gasteiger partial charge in [-0.2, -0.15) is 0 Å². The van der Waals surface area contributed by atoms with Gasteiger partial charge in [-0.3, -0.25) is 0 Å². The van der Waals surface area contributed by atoms with Crippen LogP contribution in [-0.4, -0.2) is 29.7 Å². The summed E-state index contributed by atoms with van der Waals surface area (Å²) in [5, 5.41) is 12.7. The van der Waals surface area contributed by atoms with E-state index >= 15 is 0 Å². The smallest absolute Gasteiger partial charge is 0.408 e. The van der Waals surface area contributed by atoms with Crippen molar-refractivity contribution >= 4 is 12.4 Å². The van der Waals surface area contributed by atoms with E-state index in [0.717, 1.165) is 0 Å². The molecule has 1 aromatic carbocycles. The second-order valence-corrected chi connectivity index (χ2v) is 6.03. The van der Waals surface area contributed by atoms with Crippen molar-refractivity contribution in [2.45, 2.75) is 45.8 Å². The normalized spacial score (nSPS) is 13.9. The van der Waals surface area contributed by atoms with Gasteiger partial charge in [-0.1, -0.05) is 12.1 Å². The summed E-state index contributed by atoms with van der Waals surface area (Å²) in [5.74, 6) is 0.0640. The zero-order valence-corrected chi connectivity index (χ0v) is 13.6. The summed E-state index contributed by atoms with van der Waals surface area (Å²) < 4.78 is 10.4. The van der Waals surface area contributed by atoms with Gasteiger partial charge in [0.05, 0.1) is 6.61 Å². The van der Waals surface area contributed by atoms with E-state index in [1.54, 1.807) is 45.9 Å². The van der Waals surface area contributed by atoms with Crippen molar-refractivity contribution in [1.82, 2.24) is 5.32 Å². The number of carbonyl (C=O) groups is 2. The fourth-order valence-corrected chi connectivity index (χ4v) is 1.89. The van der Waals surface area contributed by atoms with E-state index in [1.807, 2.05) is 0 Å². The van der Waals surface area contributed by atoms with Crippen LogP contribution in [0.1, 0.15) is 40.2 Å². The fraction of sp³-hybridized carbons (Fsp3) is 0.500. The highest BCUT2D eigenvalue weighted by Crippen LogP contribution is 2.35. The molecule has 1 aromatic rings. The summed E-state index contributed by atoms with van der Waals surface area (Å²) in [6, 6.07) is 4.77. The Kier molecular flexibility index (Phi) is 5.41. The lowest BCUT2D eigenvalue weighted by Crippen LogP contribution is -2.47. The fourth-order valence-electron chi connectivity index (χ4n) is 1.89. The third kappa shape index (κ3) is 4.38. The lowest BCUT2D eigenvalue weighted by Gasteiger charge is -2.28. The van der Waals surface area contributed by atoms with Crippen molar-refractivity contribution in [1.29, 1.82) is 0 Å². The lowest BCUT2D eigenvalue weighted by molar-refractivity contribution is -0.113. The van der Waals surface area contributed by atoms with Crippen molar-refractivity contribution in [3.63, 3.8) is 0 Å².